The highest BCUT2D eigenvalue weighted by Gasteiger charge is 2.40. The third-order valence-corrected chi connectivity index (χ3v) is 3.67. The molecular formula is C17H18N2O3. The molecule has 114 valence electrons. The van der Waals surface area contributed by atoms with E-state index in [0.717, 1.165) is 5.56 Å². The van der Waals surface area contributed by atoms with Gasteiger partial charge in [-0.25, -0.2) is 4.79 Å². The summed E-state index contributed by atoms with van der Waals surface area (Å²) in [6.45, 7) is 2.18. The predicted octanol–water partition coefficient (Wildman–Crippen LogP) is 2.82. The number of ether oxygens (including phenoxy) is 1. The van der Waals surface area contributed by atoms with E-state index in [9.17, 15) is 4.79 Å². The summed E-state index contributed by atoms with van der Waals surface area (Å²) in [4.78, 5) is 17.4. The largest absolute Gasteiger partial charge is 0.358 e. The fraction of sp³-hybridized carbons (Fsp3) is 0.235. The Balaban J connectivity index is 1.70. The minimum absolute atomic E-state index is 0.168. The fourth-order valence-corrected chi connectivity index (χ4v) is 2.45. The average Bonchev–Trinajstić information content (AvgIpc) is 3.01. The van der Waals surface area contributed by atoms with E-state index in [1.807, 2.05) is 43.3 Å². The molecule has 1 N–H and O–H groups in total. The van der Waals surface area contributed by atoms with Crippen LogP contribution < -0.4 is 5.43 Å². The molecule has 2 aromatic carbocycles. The lowest BCUT2D eigenvalue weighted by Crippen LogP contribution is -2.44. The van der Waals surface area contributed by atoms with Gasteiger partial charge in [-0.2, -0.15) is 5.43 Å². The Kier molecular flexibility index (Phi) is 4.20. The van der Waals surface area contributed by atoms with Crippen molar-refractivity contribution in [2.75, 3.05) is 6.73 Å². The average molecular weight is 298 g/mol. The second-order valence-electron chi connectivity index (χ2n) is 5.06. The Morgan fingerprint density at radius 1 is 1.18 bits per heavy atom. The van der Waals surface area contributed by atoms with E-state index in [4.69, 9.17) is 9.57 Å². The Morgan fingerprint density at radius 3 is 2.45 bits per heavy atom. The van der Waals surface area contributed by atoms with E-state index in [2.05, 4.69) is 5.43 Å². The van der Waals surface area contributed by atoms with E-state index in [1.165, 1.54) is 5.17 Å². The number of nitrogens with zero attached hydrogens (tertiary/aromatic N) is 1. The molecule has 0 bridgehead atoms. The van der Waals surface area contributed by atoms with Crippen molar-refractivity contribution in [2.45, 2.75) is 19.1 Å². The minimum atomic E-state index is -0.668. The molecule has 3 rings (SSSR count). The SMILES string of the molecule is CCC1(c2ccccc2)NN(OC(=O)c2ccccc2)CO1. The molecule has 1 aliphatic rings. The number of hydroxylamine groups is 1. The number of hydrazine groups is 1. The van der Waals surface area contributed by atoms with Crippen LogP contribution in [0.3, 0.4) is 0 Å². The molecule has 1 unspecified atom stereocenters. The first kappa shape index (κ1) is 14.7. The first-order valence-corrected chi connectivity index (χ1v) is 7.26. The Labute approximate surface area is 129 Å². The molecule has 5 heteroatoms. The van der Waals surface area contributed by atoms with Crippen LogP contribution in [-0.2, 0) is 15.3 Å². The van der Waals surface area contributed by atoms with Gasteiger partial charge in [0, 0.05) is 0 Å². The number of hydrogen-bond acceptors (Lipinski definition) is 5. The van der Waals surface area contributed by atoms with Crippen molar-refractivity contribution >= 4 is 5.97 Å². The zero-order valence-electron chi connectivity index (χ0n) is 12.4. The molecule has 0 spiro atoms. The van der Waals surface area contributed by atoms with Gasteiger partial charge in [-0.1, -0.05) is 55.5 Å². The molecule has 0 amide bonds. The van der Waals surface area contributed by atoms with Gasteiger partial charge in [0.1, 0.15) is 0 Å². The summed E-state index contributed by atoms with van der Waals surface area (Å²) < 4.78 is 5.86. The highest BCUT2D eigenvalue weighted by Crippen LogP contribution is 2.31. The summed E-state index contributed by atoms with van der Waals surface area (Å²) in [7, 11) is 0. The van der Waals surface area contributed by atoms with Crippen LogP contribution in [0.25, 0.3) is 0 Å². The number of rotatable bonds is 4. The summed E-state index contributed by atoms with van der Waals surface area (Å²) >= 11 is 0. The smallest absolute Gasteiger partial charge is 0.346 e. The van der Waals surface area contributed by atoms with Crippen LogP contribution in [-0.4, -0.2) is 17.9 Å². The first-order chi connectivity index (χ1) is 10.7. The van der Waals surface area contributed by atoms with Crippen LogP contribution in [0, 0.1) is 0 Å². The molecule has 0 radical (unpaired) electrons. The highest BCUT2D eigenvalue weighted by molar-refractivity contribution is 5.89. The van der Waals surface area contributed by atoms with Crippen molar-refractivity contribution < 1.29 is 14.4 Å². The third-order valence-electron chi connectivity index (χ3n) is 3.67. The van der Waals surface area contributed by atoms with Crippen molar-refractivity contribution in [3.63, 3.8) is 0 Å². The molecule has 0 aromatic heterocycles. The van der Waals surface area contributed by atoms with Crippen LogP contribution in [0.4, 0.5) is 0 Å². The second kappa shape index (κ2) is 6.27. The second-order valence-corrected chi connectivity index (χ2v) is 5.06. The van der Waals surface area contributed by atoms with Crippen molar-refractivity contribution in [3.05, 3.63) is 71.8 Å². The standard InChI is InChI=1S/C17H18N2O3/c1-2-17(15-11-7-4-8-12-15)18-19(13-21-17)22-16(20)14-9-5-3-6-10-14/h3-12,18H,2,13H2,1H3. The van der Waals surface area contributed by atoms with E-state index < -0.39 is 11.7 Å². The van der Waals surface area contributed by atoms with Crippen LogP contribution in [0.5, 0.6) is 0 Å². The van der Waals surface area contributed by atoms with Crippen LogP contribution in [0.15, 0.2) is 60.7 Å². The van der Waals surface area contributed by atoms with Crippen molar-refractivity contribution in [2.24, 2.45) is 0 Å². The van der Waals surface area contributed by atoms with Gasteiger partial charge in [-0.15, -0.1) is 0 Å². The molecule has 0 saturated carbocycles. The van der Waals surface area contributed by atoms with Gasteiger partial charge >= 0.3 is 5.97 Å². The number of nitrogens with one attached hydrogen (secondary N) is 1. The van der Waals surface area contributed by atoms with Gasteiger partial charge in [-0.05, 0) is 29.3 Å². The first-order valence-electron chi connectivity index (χ1n) is 7.26. The lowest BCUT2D eigenvalue weighted by atomic mass is 10.0. The predicted molar refractivity (Wildman–Crippen MR) is 81.2 cm³/mol. The number of benzene rings is 2. The number of hydrogen-bond donors (Lipinski definition) is 1. The summed E-state index contributed by atoms with van der Waals surface area (Å²) in [5, 5.41) is 1.34. The van der Waals surface area contributed by atoms with Gasteiger partial charge in [0.2, 0.25) is 0 Å². The minimum Gasteiger partial charge on any atom is -0.346 e. The zero-order chi connectivity index (χ0) is 15.4. The van der Waals surface area contributed by atoms with E-state index in [1.54, 1.807) is 24.3 Å². The van der Waals surface area contributed by atoms with Crippen LogP contribution in [0.2, 0.25) is 0 Å². The molecule has 1 heterocycles. The molecule has 1 saturated heterocycles. The number of carbonyl (C=O) groups excluding carboxylic acids is 1. The highest BCUT2D eigenvalue weighted by atomic mass is 16.8. The summed E-state index contributed by atoms with van der Waals surface area (Å²) in [6.07, 6.45) is 0.705. The molecule has 22 heavy (non-hydrogen) atoms. The summed E-state index contributed by atoms with van der Waals surface area (Å²) in [5.74, 6) is -0.420. The van der Waals surface area contributed by atoms with Crippen LogP contribution in [0.1, 0.15) is 29.3 Å². The lowest BCUT2D eigenvalue weighted by molar-refractivity contribution is -0.141. The monoisotopic (exact) mass is 298 g/mol. The normalized spacial score (nSPS) is 21.7. The summed E-state index contributed by atoms with van der Waals surface area (Å²) in [6, 6.07) is 18.7. The van der Waals surface area contributed by atoms with Crippen molar-refractivity contribution in [3.8, 4) is 0 Å². The molecule has 1 fully saturated rings. The lowest BCUT2D eigenvalue weighted by Gasteiger charge is -2.27. The van der Waals surface area contributed by atoms with Gasteiger partial charge in [0.25, 0.3) is 0 Å². The van der Waals surface area contributed by atoms with E-state index in [-0.39, 0.29) is 6.73 Å². The summed E-state index contributed by atoms with van der Waals surface area (Å²) in [5.41, 5.74) is 3.96. The Bertz CT molecular complexity index is 633. The molecule has 1 aliphatic heterocycles. The van der Waals surface area contributed by atoms with E-state index in [0.29, 0.717) is 12.0 Å². The topological polar surface area (TPSA) is 50.8 Å². The van der Waals surface area contributed by atoms with Gasteiger partial charge in [0.05, 0.1) is 5.56 Å². The van der Waals surface area contributed by atoms with Gasteiger partial charge in [-0.3, -0.25) is 0 Å². The molecule has 1 atom stereocenters. The third kappa shape index (κ3) is 2.87. The molecular weight excluding hydrogens is 280 g/mol. The molecule has 0 aliphatic carbocycles. The fourth-order valence-electron chi connectivity index (χ4n) is 2.45. The Hall–Kier alpha value is -2.21. The van der Waals surface area contributed by atoms with Gasteiger partial charge < -0.3 is 9.57 Å². The maximum Gasteiger partial charge on any atom is 0.358 e. The maximum absolute atomic E-state index is 12.1. The number of carbonyl (C=O) groups is 1. The van der Waals surface area contributed by atoms with Crippen LogP contribution >= 0.6 is 0 Å². The van der Waals surface area contributed by atoms with Gasteiger partial charge in [0.15, 0.2) is 12.5 Å². The Morgan fingerprint density at radius 2 is 1.82 bits per heavy atom. The van der Waals surface area contributed by atoms with Crippen molar-refractivity contribution in [1.82, 2.24) is 10.6 Å². The van der Waals surface area contributed by atoms with E-state index >= 15 is 0 Å². The quantitative estimate of drug-likeness (QED) is 0.940. The maximum atomic E-state index is 12.1. The van der Waals surface area contributed by atoms with Crippen molar-refractivity contribution in [1.29, 1.82) is 0 Å². The molecule has 2 aromatic rings. The zero-order valence-corrected chi connectivity index (χ0v) is 12.4. The molecule has 5 nitrogen and oxygen atoms in total.